The highest BCUT2D eigenvalue weighted by atomic mass is 19.4. The predicted molar refractivity (Wildman–Crippen MR) is 109 cm³/mol. The SMILES string of the molecule is Cc1nc2c(-c3ccccc3)c(C(F)(F)F)[nH]n2c(=O)c1C(=O)NCc1ccccc1. The lowest BCUT2D eigenvalue weighted by Gasteiger charge is -2.08. The Kier molecular flexibility index (Phi) is 5.10. The van der Waals surface area contributed by atoms with Crippen molar-refractivity contribution < 1.29 is 18.0 Å². The quantitative estimate of drug-likeness (QED) is 0.519. The van der Waals surface area contributed by atoms with Crippen LogP contribution in [-0.2, 0) is 12.7 Å². The minimum absolute atomic E-state index is 0.0421. The number of alkyl halides is 3. The number of carbonyl (C=O) groups is 1. The second-order valence-electron chi connectivity index (χ2n) is 6.93. The van der Waals surface area contributed by atoms with E-state index >= 15 is 0 Å². The topological polar surface area (TPSA) is 79.3 Å². The Morgan fingerprint density at radius 2 is 1.68 bits per heavy atom. The third-order valence-corrected chi connectivity index (χ3v) is 4.83. The largest absolute Gasteiger partial charge is 0.433 e. The molecule has 2 heterocycles. The van der Waals surface area contributed by atoms with Crippen molar-refractivity contribution in [2.45, 2.75) is 19.6 Å². The van der Waals surface area contributed by atoms with Gasteiger partial charge in [0.2, 0.25) is 0 Å². The fourth-order valence-electron chi connectivity index (χ4n) is 3.39. The number of fused-ring (bicyclic) bond motifs is 1. The van der Waals surface area contributed by atoms with E-state index in [-0.39, 0.29) is 34.6 Å². The van der Waals surface area contributed by atoms with E-state index in [1.54, 1.807) is 42.5 Å². The smallest absolute Gasteiger partial charge is 0.348 e. The number of rotatable bonds is 4. The van der Waals surface area contributed by atoms with Crippen LogP contribution in [0.15, 0.2) is 65.5 Å². The van der Waals surface area contributed by atoms with Crippen LogP contribution in [-0.4, -0.2) is 20.5 Å². The molecule has 0 aliphatic heterocycles. The summed E-state index contributed by atoms with van der Waals surface area (Å²) in [4.78, 5) is 29.8. The lowest BCUT2D eigenvalue weighted by Crippen LogP contribution is -2.33. The molecule has 0 aliphatic rings. The van der Waals surface area contributed by atoms with Gasteiger partial charge in [-0.1, -0.05) is 60.7 Å². The number of halogens is 3. The minimum atomic E-state index is -4.76. The molecule has 1 amide bonds. The van der Waals surface area contributed by atoms with Crippen molar-refractivity contribution in [2.75, 3.05) is 0 Å². The second kappa shape index (κ2) is 7.75. The summed E-state index contributed by atoms with van der Waals surface area (Å²) in [6.45, 7) is 1.59. The number of aryl methyl sites for hydroxylation is 1. The van der Waals surface area contributed by atoms with Crippen molar-refractivity contribution in [1.82, 2.24) is 19.9 Å². The van der Waals surface area contributed by atoms with Gasteiger partial charge in [0.15, 0.2) is 5.65 Å². The maximum atomic E-state index is 13.7. The summed E-state index contributed by atoms with van der Waals surface area (Å²) in [5, 5.41) is 4.72. The minimum Gasteiger partial charge on any atom is -0.348 e. The molecule has 0 atom stereocenters. The van der Waals surface area contributed by atoms with Crippen LogP contribution in [0.3, 0.4) is 0 Å². The van der Waals surface area contributed by atoms with Crippen LogP contribution in [0.1, 0.15) is 27.3 Å². The first-order valence-electron chi connectivity index (χ1n) is 9.37. The molecule has 4 rings (SSSR count). The number of nitrogens with zero attached hydrogens (tertiary/aromatic N) is 2. The van der Waals surface area contributed by atoms with Gasteiger partial charge in [-0.05, 0) is 18.1 Å². The van der Waals surface area contributed by atoms with Crippen LogP contribution in [0.25, 0.3) is 16.8 Å². The number of amides is 1. The molecule has 2 N–H and O–H groups in total. The van der Waals surface area contributed by atoms with E-state index < -0.39 is 23.3 Å². The Hall–Kier alpha value is -3.88. The zero-order valence-corrected chi connectivity index (χ0v) is 16.3. The number of hydrogen-bond acceptors (Lipinski definition) is 3. The van der Waals surface area contributed by atoms with E-state index in [1.165, 1.54) is 19.1 Å². The number of nitrogens with one attached hydrogen (secondary N) is 2. The number of H-pyrrole nitrogens is 1. The van der Waals surface area contributed by atoms with E-state index in [4.69, 9.17) is 0 Å². The summed E-state index contributed by atoms with van der Waals surface area (Å²) in [5.74, 6) is -0.710. The summed E-state index contributed by atoms with van der Waals surface area (Å²) in [7, 11) is 0. The van der Waals surface area contributed by atoms with Gasteiger partial charge in [0.1, 0.15) is 11.3 Å². The summed E-state index contributed by atoms with van der Waals surface area (Å²) in [6.07, 6.45) is -4.76. The van der Waals surface area contributed by atoms with Crippen LogP contribution >= 0.6 is 0 Å². The summed E-state index contributed by atoms with van der Waals surface area (Å²) in [6, 6.07) is 16.9. The van der Waals surface area contributed by atoms with Gasteiger partial charge in [-0.25, -0.2) is 4.98 Å². The fraction of sp³-hybridized carbons (Fsp3) is 0.136. The van der Waals surface area contributed by atoms with Gasteiger partial charge in [0.25, 0.3) is 11.5 Å². The van der Waals surface area contributed by atoms with Crippen molar-refractivity contribution in [3.8, 4) is 11.1 Å². The maximum Gasteiger partial charge on any atom is 0.433 e. The molecule has 0 aliphatic carbocycles. The molecule has 9 heteroatoms. The zero-order valence-electron chi connectivity index (χ0n) is 16.3. The van der Waals surface area contributed by atoms with Gasteiger partial charge in [-0.3, -0.25) is 14.7 Å². The van der Waals surface area contributed by atoms with Gasteiger partial charge in [0, 0.05) is 6.54 Å². The molecule has 0 bridgehead atoms. The Labute approximate surface area is 174 Å². The molecular weight excluding hydrogens is 409 g/mol. The molecule has 6 nitrogen and oxygen atoms in total. The highest BCUT2D eigenvalue weighted by Gasteiger charge is 2.38. The number of carbonyl (C=O) groups excluding carboxylic acids is 1. The Balaban J connectivity index is 1.84. The summed E-state index contributed by atoms with van der Waals surface area (Å²) >= 11 is 0. The van der Waals surface area contributed by atoms with E-state index in [9.17, 15) is 22.8 Å². The Morgan fingerprint density at radius 3 is 2.29 bits per heavy atom. The van der Waals surface area contributed by atoms with Gasteiger partial charge in [-0.2, -0.15) is 17.7 Å². The second-order valence-corrected chi connectivity index (χ2v) is 6.93. The molecule has 158 valence electrons. The third kappa shape index (κ3) is 3.81. The van der Waals surface area contributed by atoms with Crippen LogP contribution in [0.5, 0.6) is 0 Å². The first-order valence-corrected chi connectivity index (χ1v) is 9.37. The molecule has 0 saturated heterocycles. The summed E-state index contributed by atoms with van der Waals surface area (Å²) in [5.41, 5.74) is -1.66. The van der Waals surface area contributed by atoms with Gasteiger partial charge >= 0.3 is 6.18 Å². The van der Waals surface area contributed by atoms with Crippen LogP contribution in [0.4, 0.5) is 13.2 Å². The van der Waals surface area contributed by atoms with Gasteiger partial charge in [0.05, 0.1) is 11.3 Å². The van der Waals surface area contributed by atoms with Crippen LogP contribution in [0, 0.1) is 6.92 Å². The van der Waals surface area contributed by atoms with Gasteiger partial charge in [-0.15, -0.1) is 0 Å². The van der Waals surface area contributed by atoms with E-state index in [0.29, 0.717) is 4.52 Å². The average Bonchev–Trinajstić information content (AvgIpc) is 3.14. The van der Waals surface area contributed by atoms with Crippen molar-refractivity contribution in [1.29, 1.82) is 0 Å². The van der Waals surface area contributed by atoms with Gasteiger partial charge < -0.3 is 5.32 Å². The summed E-state index contributed by atoms with van der Waals surface area (Å²) < 4.78 is 41.8. The van der Waals surface area contributed by atoms with Crippen LogP contribution in [0.2, 0.25) is 0 Å². The lowest BCUT2D eigenvalue weighted by molar-refractivity contribution is -0.140. The first-order chi connectivity index (χ1) is 14.8. The molecule has 4 aromatic rings. The Morgan fingerprint density at radius 1 is 1.06 bits per heavy atom. The van der Waals surface area contributed by atoms with Crippen molar-refractivity contribution in [3.05, 3.63) is 93.5 Å². The maximum absolute atomic E-state index is 13.7. The molecule has 0 spiro atoms. The molecule has 0 fully saturated rings. The molecule has 31 heavy (non-hydrogen) atoms. The number of aromatic nitrogens is 3. The lowest BCUT2D eigenvalue weighted by atomic mass is 10.1. The molecule has 0 radical (unpaired) electrons. The number of hydrogen-bond donors (Lipinski definition) is 2. The van der Waals surface area contributed by atoms with E-state index in [2.05, 4.69) is 15.4 Å². The monoisotopic (exact) mass is 426 g/mol. The predicted octanol–water partition coefficient (Wildman–Crippen LogP) is 3.95. The van der Waals surface area contributed by atoms with Crippen molar-refractivity contribution >= 4 is 11.6 Å². The molecule has 0 saturated carbocycles. The van der Waals surface area contributed by atoms with Crippen molar-refractivity contribution in [2.24, 2.45) is 0 Å². The average molecular weight is 426 g/mol. The molecule has 0 unspecified atom stereocenters. The standard InChI is InChI=1S/C22H17F3N4O2/c1-13-16(20(30)26-12-14-8-4-2-5-9-14)21(31)29-19(27-13)17(15-10-6-3-7-11-15)18(28-29)22(23,24)25/h2-11,28H,12H2,1H3,(H,26,30). The highest BCUT2D eigenvalue weighted by molar-refractivity contribution is 5.95. The van der Waals surface area contributed by atoms with Crippen molar-refractivity contribution in [3.63, 3.8) is 0 Å². The van der Waals surface area contributed by atoms with E-state index in [0.717, 1.165) is 5.56 Å². The third-order valence-electron chi connectivity index (χ3n) is 4.83. The molecule has 2 aromatic heterocycles. The molecule has 2 aromatic carbocycles. The normalized spacial score (nSPS) is 11.6. The Bertz CT molecular complexity index is 1310. The molecular formula is C22H17F3N4O2. The first kappa shape index (κ1) is 20.4. The number of benzene rings is 2. The number of aromatic amines is 1. The van der Waals surface area contributed by atoms with E-state index in [1.807, 2.05) is 6.07 Å². The fourth-order valence-corrected chi connectivity index (χ4v) is 3.39. The van der Waals surface area contributed by atoms with Crippen LogP contribution < -0.4 is 10.9 Å². The highest BCUT2D eigenvalue weighted by Crippen LogP contribution is 2.38. The zero-order chi connectivity index (χ0) is 22.2.